The Hall–Kier alpha value is -2.82. The summed E-state index contributed by atoms with van der Waals surface area (Å²) in [5, 5.41) is 0.893. The maximum atomic E-state index is 13.5. The highest BCUT2D eigenvalue weighted by Crippen LogP contribution is 2.28. The Balaban J connectivity index is 2.18. The Morgan fingerprint density at radius 1 is 1.14 bits per heavy atom. The minimum Gasteiger partial charge on any atom is -0.336 e. The average Bonchev–Trinajstić information content (AvgIpc) is 2.69. The molecule has 0 spiro atoms. The number of aromatic nitrogens is 3. The van der Waals surface area contributed by atoms with E-state index in [2.05, 4.69) is 23.8 Å². The molecule has 1 atom stereocenters. The smallest absolute Gasteiger partial charge is 0.254 e. The van der Waals surface area contributed by atoms with Crippen molar-refractivity contribution < 1.29 is 4.79 Å². The molecular weight excluding hydrogens is 348 g/mol. The van der Waals surface area contributed by atoms with Crippen LogP contribution in [0.1, 0.15) is 55.4 Å². The highest BCUT2D eigenvalue weighted by molar-refractivity contribution is 6.07. The van der Waals surface area contributed by atoms with Gasteiger partial charge in [0.15, 0.2) is 0 Å². The number of rotatable bonds is 6. The third kappa shape index (κ3) is 3.88. The van der Waals surface area contributed by atoms with Gasteiger partial charge in [-0.05, 0) is 45.7 Å². The van der Waals surface area contributed by atoms with Crippen LogP contribution in [0, 0.1) is 13.8 Å². The molecule has 5 heteroatoms. The molecule has 0 N–H and O–H groups in total. The van der Waals surface area contributed by atoms with Crippen molar-refractivity contribution in [2.45, 2.75) is 53.5 Å². The Morgan fingerprint density at radius 2 is 1.86 bits per heavy atom. The second-order valence-corrected chi connectivity index (χ2v) is 7.27. The molecule has 1 amide bonds. The highest BCUT2D eigenvalue weighted by atomic mass is 16.2. The van der Waals surface area contributed by atoms with Crippen LogP contribution in [0.3, 0.4) is 0 Å². The van der Waals surface area contributed by atoms with E-state index in [0.717, 1.165) is 40.6 Å². The zero-order valence-electron chi connectivity index (χ0n) is 17.4. The first-order valence-corrected chi connectivity index (χ1v) is 9.96. The van der Waals surface area contributed by atoms with Gasteiger partial charge in [0, 0.05) is 35.9 Å². The average molecular weight is 377 g/mol. The van der Waals surface area contributed by atoms with E-state index in [1.807, 2.05) is 49.9 Å². The van der Waals surface area contributed by atoms with Crippen LogP contribution < -0.4 is 0 Å². The number of carbonyl (C=O) groups excluding carboxylic acids is 1. The minimum absolute atomic E-state index is 0.0516. The van der Waals surface area contributed by atoms with E-state index in [9.17, 15) is 4.79 Å². The molecule has 0 aliphatic carbocycles. The maximum absolute atomic E-state index is 13.5. The summed E-state index contributed by atoms with van der Waals surface area (Å²) in [7, 11) is 0. The van der Waals surface area contributed by atoms with Crippen molar-refractivity contribution in [1.82, 2.24) is 19.9 Å². The van der Waals surface area contributed by atoms with E-state index in [4.69, 9.17) is 4.98 Å². The first-order chi connectivity index (χ1) is 13.5. The fraction of sp³-hybridized carbons (Fsp3) is 0.391. The number of para-hydroxylation sites is 1. The molecule has 1 aromatic carbocycles. The van der Waals surface area contributed by atoms with Crippen molar-refractivity contribution in [3.05, 3.63) is 53.6 Å². The monoisotopic (exact) mass is 376 g/mol. The third-order valence-corrected chi connectivity index (χ3v) is 5.19. The van der Waals surface area contributed by atoms with Gasteiger partial charge in [-0.2, -0.15) is 0 Å². The molecule has 2 aromatic heterocycles. The molecule has 2 heterocycles. The molecule has 5 nitrogen and oxygen atoms in total. The molecule has 0 saturated carbocycles. The van der Waals surface area contributed by atoms with Crippen LogP contribution in [0.15, 0.2) is 36.7 Å². The van der Waals surface area contributed by atoms with Gasteiger partial charge in [-0.1, -0.05) is 31.5 Å². The van der Waals surface area contributed by atoms with Crippen molar-refractivity contribution in [2.75, 3.05) is 6.54 Å². The molecule has 0 radical (unpaired) electrons. The summed E-state index contributed by atoms with van der Waals surface area (Å²) in [6, 6.07) is 8.07. The van der Waals surface area contributed by atoms with Gasteiger partial charge in [0.25, 0.3) is 5.91 Å². The Labute approximate surface area is 166 Å². The minimum atomic E-state index is 0.0516. The van der Waals surface area contributed by atoms with Gasteiger partial charge >= 0.3 is 0 Å². The van der Waals surface area contributed by atoms with Gasteiger partial charge in [0.1, 0.15) is 5.82 Å². The van der Waals surface area contributed by atoms with Crippen LogP contribution in [-0.4, -0.2) is 38.3 Å². The van der Waals surface area contributed by atoms with E-state index in [0.29, 0.717) is 17.9 Å². The number of aryl methyl sites for hydroxylation is 2. The van der Waals surface area contributed by atoms with Gasteiger partial charge in [0.05, 0.1) is 16.8 Å². The fourth-order valence-electron chi connectivity index (χ4n) is 3.63. The van der Waals surface area contributed by atoms with Crippen LogP contribution in [0.4, 0.5) is 0 Å². The molecule has 0 aliphatic rings. The van der Waals surface area contributed by atoms with Crippen molar-refractivity contribution >= 4 is 16.8 Å². The molecule has 0 fully saturated rings. The number of amides is 1. The van der Waals surface area contributed by atoms with Crippen LogP contribution in [0.2, 0.25) is 0 Å². The molecule has 3 rings (SSSR count). The summed E-state index contributed by atoms with van der Waals surface area (Å²) < 4.78 is 0. The van der Waals surface area contributed by atoms with Gasteiger partial charge in [0.2, 0.25) is 0 Å². The number of hydrogen-bond acceptors (Lipinski definition) is 4. The van der Waals surface area contributed by atoms with E-state index >= 15 is 0 Å². The Kier molecular flexibility index (Phi) is 6.02. The van der Waals surface area contributed by atoms with E-state index in [-0.39, 0.29) is 11.9 Å². The summed E-state index contributed by atoms with van der Waals surface area (Å²) in [5.41, 5.74) is 4.13. The van der Waals surface area contributed by atoms with Crippen molar-refractivity contribution in [3.63, 3.8) is 0 Å². The molecule has 3 aromatic rings. The maximum Gasteiger partial charge on any atom is 0.254 e. The summed E-state index contributed by atoms with van der Waals surface area (Å²) in [6.07, 6.45) is 5.56. The van der Waals surface area contributed by atoms with Crippen molar-refractivity contribution in [3.8, 4) is 11.3 Å². The van der Waals surface area contributed by atoms with E-state index in [1.165, 1.54) is 0 Å². The van der Waals surface area contributed by atoms with Crippen LogP contribution >= 0.6 is 0 Å². The number of benzene rings is 1. The third-order valence-electron chi connectivity index (χ3n) is 5.19. The van der Waals surface area contributed by atoms with E-state index < -0.39 is 0 Å². The molecule has 146 valence electrons. The van der Waals surface area contributed by atoms with Gasteiger partial charge in [-0.15, -0.1) is 0 Å². The predicted molar refractivity (Wildman–Crippen MR) is 113 cm³/mol. The normalized spacial score (nSPS) is 12.2. The van der Waals surface area contributed by atoms with Gasteiger partial charge in [-0.3, -0.25) is 4.79 Å². The van der Waals surface area contributed by atoms with Crippen LogP contribution in [-0.2, 0) is 0 Å². The molecular formula is C23H28N4O. The lowest BCUT2D eigenvalue weighted by atomic mass is 10.0. The summed E-state index contributed by atoms with van der Waals surface area (Å²) in [4.78, 5) is 28.9. The lowest BCUT2D eigenvalue weighted by Crippen LogP contribution is -2.38. The lowest BCUT2D eigenvalue weighted by Gasteiger charge is -2.28. The summed E-state index contributed by atoms with van der Waals surface area (Å²) in [6.45, 7) is 10.9. The number of pyridine rings is 1. The second kappa shape index (κ2) is 8.46. The molecule has 0 unspecified atom stereocenters. The SMILES string of the molecule is CCC[C@H](C)N(CC)C(=O)c1cc(-c2cnc(C)nc2)nc2c(C)cccc12. The zero-order valence-corrected chi connectivity index (χ0v) is 17.4. The summed E-state index contributed by atoms with van der Waals surface area (Å²) in [5.74, 6) is 0.762. The molecule has 0 saturated heterocycles. The second-order valence-electron chi connectivity index (χ2n) is 7.27. The quantitative estimate of drug-likeness (QED) is 0.610. The van der Waals surface area contributed by atoms with Crippen LogP contribution in [0.5, 0.6) is 0 Å². The Morgan fingerprint density at radius 3 is 2.50 bits per heavy atom. The number of hydrogen-bond donors (Lipinski definition) is 0. The van der Waals surface area contributed by atoms with Crippen molar-refractivity contribution in [1.29, 1.82) is 0 Å². The van der Waals surface area contributed by atoms with Crippen molar-refractivity contribution in [2.24, 2.45) is 0 Å². The standard InChI is InChI=1S/C23H28N4O/c1-6-9-16(4)27(7-2)23(28)20-12-21(18-13-24-17(5)25-14-18)26-22-15(3)10-8-11-19(20)22/h8,10-14,16H,6-7,9H2,1-5H3/t16-/m0/s1. The first-order valence-electron chi connectivity index (χ1n) is 9.96. The highest BCUT2D eigenvalue weighted by Gasteiger charge is 2.23. The number of nitrogens with zero attached hydrogens (tertiary/aromatic N) is 4. The number of fused-ring (bicyclic) bond motifs is 1. The fourth-order valence-corrected chi connectivity index (χ4v) is 3.63. The first kappa shape index (κ1) is 19.9. The summed E-state index contributed by atoms with van der Waals surface area (Å²) >= 11 is 0. The topological polar surface area (TPSA) is 59.0 Å². The molecule has 28 heavy (non-hydrogen) atoms. The zero-order chi connectivity index (χ0) is 20.3. The molecule has 0 bridgehead atoms. The Bertz CT molecular complexity index is 982. The van der Waals surface area contributed by atoms with Gasteiger partial charge < -0.3 is 4.90 Å². The number of carbonyl (C=O) groups is 1. The van der Waals surface area contributed by atoms with Crippen LogP contribution in [0.25, 0.3) is 22.2 Å². The van der Waals surface area contributed by atoms with Gasteiger partial charge in [-0.25, -0.2) is 15.0 Å². The predicted octanol–water partition coefficient (Wildman–Crippen LogP) is 4.96. The lowest BCUT2D eigenvalue weighted by molar-refractivity contribution is 0.0697. The largest absolute Gasteiger partial charge is 0.336 e. The molecule has 0 aliphatic heterocycles. The van der Waals surface area contributed by atoms with E-state index in [1.54, 1.807) is 12.4 Å².